The number of piperidine rings is 1. The van der Waals surface area contributed by atoms with Crippen LogP contribution < -0.4 is 0 Å². The van der Waals surface area contributed by atoms with E-state index in [2.05, 4.69) is 6.58 Å². The van der Waals surface area contributed by atoms with E-state index in [1.54, 1.807) is 4.90 Å². The molecule has 0 bridgehead atoms. The second kappa shape index (κ2) is 5.74. The third kappa shape index (κ3) is 4.69. The van der Waals surface area contributed by atoms with Gasteiger partial charge in [0, 0.05) is 19.0 Å². The Morgan fingerprint density at radius 2 is 2.11 bits per heavy atom. The van der Waals surface area contributed by atoms with Crippen molar-refractivity contribution in [3.05, 3.63) is 12.2 Å². The number of allylic oxidation sites excluding steroid dienone is 1. The zero-order valence-electron chi connectivity index (χ0n) is 11.9. The fraction of sp³-hybridized carbons (Fsp3) is 0.786. The summed E-state index contributed by atoms with van der Waals surface area (Å²) in [5.41, 5.74) is 0.557. The zero-order chi connectivity index (χ0) is 13.9. The smallest absolute Gasteiger partial charge is 0.410 e. The number of aliphatic hydroxyl groups is 1. The SMILES string of the molecule is C=C(C)CC1CN(C(=O)OC(C)(C)C)CCC1O. The molecule has 1 amide bonds. The molecule has 18 heavy (non-hydrogen) atoms. The number of hydrogen-bond acceptors (Lipinski definition) is 3. The van der Waals surface area contributed by atoms with Gasteiger partial charge in [-0.15, -0.1) is 6.58 Å². The summed E-state index contributed by atoms with van der Waals surface area (Å²) >= 11 is 0. The van der Waals surface area contributed by atoms with Crippen molar-refractivity contribution in [2.24, 2.45) is 5.92 Å². The summed E-state index contributed by atoms with van der Waals surface area (Å²) in [5.74, 6) is 0.0729. The highest BCUT2D eigenvalue weighted by molar-refractivity contribution is 5.68. The Balaban J connectivity index is 2.58. The van der Waals surface area contributed by atoms with E-state index in [-0.39, 0.29) is 18.1 Å². The second-order valence-electron chi connectivity index (χ2n) is 6.20. The molecule has 0 aromatic heterocycles. The summed E-state index contributed by atoms with van der Waals surface area (Å²) in [4.78, 5) is 13.6. The van der Waals surface area contributed by atoms with E-state index in [0.29, 0.717) is 19.5 Å². The minimum atomic E-state index is -0.475. The van der Waals surface area contributed by atoms with Crippen LogP contribution in [0.2, 0.25) is 0 Å². The number of nitrogens with zero attached hydrogens (tertiary/aromatic N) is 1. The first-order chi connectivity index (χ1) is 8.19. The quantitative estimate of drug-likeness (QED) is 0.771. The van der Waals surface area contributed by atoms with Gasteiger partial charge in [-0.2, -0.15) is 0 Å². The molecule has 0 radical (unpaired) electrons. The topological polar surface area (TPSA) is 49.8 Å². The van der Waals surface area contributed by atoms with Crippen LogP contribution in [0.15, 0.2) is 12.2 Å². The van der Waals surface area contributed by atoms with Crippen molar-refractivity contribution in [1.82, 2.24) is 4.90 Å². The van der Waals surface area contributed by atoms with E-state index >= 15 is 0 Å². The van der Waals surface area contributed by atoms with Crippen LogP contribution in [-0.2, 0) is 4.74 Å². The van der Waals surface area contributed by atoms with Crippen LogP contribution >= 0.6 is 0 Å². The third-order valence-electron chi connectivity index (χ3n) is 2.96. The lowest BCUT2D eigenvalue weighted by Gasteiger charge is -2.37. The van der Waals surface area contributed by atoms with Crippen LogP contribution in [-0.4, -0.2) is 40.9 Å². The van der Waals surface area contributed by atoms with E-state index in [1.807, 2.05) is 27.7 Å². The molecule has 1 fully saturated rings. The molecule has 1 rings (SSSR count). The van der Waals surface area contributed by atoms with Gasteiger partial charge in [0.15, 0.2) is 0 Å². The second-order valence-corrected chi connectivity index (χ2v) is 6.20. The van der Waals surface area contributed by atoms with Gasteiger partial charge >= 0.3 is 6.09 Å². The normalized spacial score (nSPS) is 24.8. The summed E-state index contributed by atoms with van der Waals surface area (Å²) in [6.07, 6.45) is 0.721. The molecular formula is C14H25NO3. The van der Waals surface area contributed by atoms with Gasteiger partial charge < -0.3 is 14.7 Å². The van der Waals surface area contributed by atoms with Crippen molar-refractivity contribution in [2.75, 3.05) is 13.1 Å². The first-order valence-corrected chi connectivity index (χ1v) is 6.49. The Bertz CT molecular complexity index is 319. The molecule has 0 aromatic rings. The van der Waals surface area contributed by atoms with Gasteiger partial charge in [-0.25, -0.2) is 4.79 Å². The number of carbonyl (C=O) groups excluding carboxylic acids is 1. The molecule has 2 atom stereocenters. The molecule has 0 aromatic carbocycles. The number of rotatable bonds is 2. The van der Waals surface area contributed by atoms with Crippen molar-refractivity contribution >= 4 is 6.09 Å². The number of hydrogen-bond donors (Lipinski definition) is 1. The van der Waals surface area contributed by atoms with Crippen LogP contribution in [0.1, 0.15) is 40.5 Å². The molecule has 104 valence electrons. The monoisotopic (exact) mass is 255 g/mol. The van der Waals surface area contributed by atoms with Crippen LogP contribution in [0, 0.1) is 5.92 Å². The predicted octanol–water partition coefficient (Wildman–Crippen LogP) is 2.57. The lowest BCUT2D eigenvalue weighted by Crippen LogP contribution is -2.47. The Morgan fingerprint density at radius 3 is 2.61 bits per heavy atom. The molecule has 2 unspecified atom stereocenters. The Morgan fingerprint density at radius 1 is 1.50 bits per heavy atom. The largest absolute Gasteiger partial charge is 0.444 e. The molecule has 1 heterocycles. The average Bonchev–Trinajstić information content (AvgIpc) is 2.17. The Labute approximate surface area is 110 Å². The maximum absolute atomic E-state index is 12.0. The third-order valence-corrected chi connectivity index (χ3v) is 2.96. The number of ether oxygens (including phenoxy) is 1. The van der Waals surface area contributed by atoms with Gasteiger partial charge in [0.2, 0.25) is 0 Å². The van der Waals surface area contributed by atoms with Gasteiger partial charge in [-0.05, 0) is 40.5 Å². The molecule has 0 spiro atoms. The maximum atomic E-state index is 12.0. The predicted molar refractivity (Wildman–Crippen MR) is 71.4 cm³/mol. The molecule has 4 heteroatoms. The van der Waals surface area contributed by atoms with Crippen molar-refractivity contribution in [2.45, 2.75) is 52.2 Å². The van der Waals surface area contributed by atoms with E-state index in [9.17, 15) is 9.90 Å². The highest BCUT2D eigenvalue weighted by Crippen LogP contribution is 2.24. The molecule has 1 N–H and O–H groups in total. The van der Waals surface area contributed by atoms with Gasteiger partial charge in [0.1, 0.15) is 5.60 Å². The summed E-state index contributed by atoms with van der Waals surface area (Å²) in [7, 11) is 0. The summed E-state index contributed by atoms with van der Waals surface area (Å²) in [5, 5.41) is 9.93. The first-order valence-electron chi connectivity index (χ1n) is 6.49. The highest BCUT2D eigenvalue weighted by Gasteiger charge is 2.32. The molecule has 1 aliphatic heterocycles. The molecule has 4 nitrogen and oxygen atoms in total. The molecule has 1 aliphatic rings. The summed E-state index contributed by atoms with van der Waals surface area (Å²) < 4.78 is 5.35. The van der Waals surface area contributed by atoms with Gasteiger partial charge in [0.25, 0.3) is 0 Å². The summed E-state index contributed by atoms with van der Waals surface area (Å²) in [6.45, 7) is 12.5. The van der Waals surface area contributed by atoms with Gasteiger partial charge in [-0.1, -0.05) is 5.57 Å². The van der Waals surface area contributed by atoms with Crippen LogP contribution in [0.5, 0.6) is 0 Å². The molecule has 0 aliphatic carbocycles. The Kier molecular flexibility index (Phi) is 4.79. The van der Waals surface area contributed by atoms with Gasteiger partial charge in [0.05, 0.1) is 6.10 Å². The molecular weight excluding hydrogens is 230 g/mol. The van der Waals surface area contributed by atoms with Crippen molar-refractivity contribution in [3.63, 3.8) is 0 Å². The standard InChI is InChI=1S/C14H25NO3/c1-10(2)8-11-9-15(7-6-12(11)16)13(17)18-14(3,4)5/h11-12,16H,1,6-9H2,2-5H3. The highest BCUT2D eigenvalue weighted by atomic mass is 16.6. The van der Waals surface area contributed by atoms with Crippen molar-refractivity contribution < 1.29 is 14.6 Å². The molecule has 1 saturated heterocycles. The average molecular weight is 255 g/mol. The number of amides is 1. The maximum Gasteiger partial charge on any atom is 0.410 e. The van der Waals surface area contributed by atoms with Gasteiger partial charge in [-0.3, -0.25) is 0 Å². The van der Waals surface area contributed by atoms with E-state index in [0.717, 1.165) is 12.0 Å². The minimum Gasteiger partial charge on any atom is -0.444 e. The zero-order valence-corrected chi connectivity index (χ0v) is 11.9. The lowest BCUT2D eigenvalue weighted by molar-refractivity contribution is -0.00821. The first kappa shape index (κ1) is 15.0. The van der Waals surface area contributed by atoms with E-state index in [4.69, 9.17) is 4.74 Å². The van der Waals surface area contributed by atoms with E-state index in [1.165, 1.54) is 0 Å². The van der Waals surface area contributed by atoms with Crippen molar-refractivity contribution in [1.29, 1.82) is 0 Å². The molecule has 0 saturated carbocycles. The van der Waals surface area contributed by atoms with E-state index < -0.39 is 5.60 Å². The number of aliphatic hydroxyl groups excluding tert-OH is 1. The summed E-state index contributed by atoms with van der Waals surface area (Å²) in [6, 6.07) is 0. The van der Waals surface area contributed by atoms with Crippen molar-refractivity contribution in [3.8, 4) is 0 Å². The van der Waals surface area contributed by atoms with Crippen LogP contribution in [0.25, 0.3) is 0 Å². The lowest BCUT2D eigenvalue weighted by atomic mass is 9.89. The van der Waals surface area contributed by atoms with Crippen LogP contribution in [0.3, 0.4) is 0 Å². The fourth-order valence-electron chi connectivity index (χ4n) is 2.16. The van der Waals surface area contributed by atoms with Crippen LogP contribution in [0.4, 0.5) is 4.79 Å². The fourth-order valence-corrected chi connectivity index (χ4v) is 2.16. The minimum absolute atomic E-state index is 0.0729. The number of likely N-dealkylation sites (tertiary alicyclic amines) is 1. The Hall–Kier alpha value is -1.03. The number of carbonyl (C=O) groups is 1.